The van der Waals surface area contributed by atoms with Crippen LogP contribution in [0.4, 0.5) is 22.7 Å². The fourth-order valence-corrected chi connectivity index (χ4v) is 9.30. The van der Waals surface area contributed by atoms with Gasteiger partial charge in [-0.15, -0.1) is 48.1 Å². The zero-order valence-corrected chi connectivity index (χ0v) is 40.8. The van der Waals surface area contributed by atoms with E-state index in [0.29, 0.717) is 28.4 Å². The number of nitrogens with zero attached hydrogens (tertiary/aromatic N) is 4. The number of aryl methyl sites for hydroxylation is 1. The maximum absolute atomic E-state index is 8.81. The maximum atomic E-state index is 8.81. The van der Waals surface area contributed by atoms with Gasteiger partial charge < -0.3 is 19.1 Å². The van der Waals surface area contributed by atoms with Crippen molar-refractivity contribution in [2.75, 3.05) is 9.80 Å². The first-order valence-corrected chi connectivity index (χ1v) is 22.8. The molecule has 0 aliphatic carbocycles. The average Bonchev–Trinajstić information content (AvgIpc) is 3.92. The van der Waals surface area contributed by atoms with Crippen LogP contribution in [0.25, 0.3) is 49.9 Å². The Morgan fingerprint density at radius 1 is 0.559 bits per heavy atom. The molecule has 0 bridgehead atoms. The molecule has 0 fully saturated rings. The van der Waals surface area contributed by atoms with Crippen LogP contribution in [0.2, 0.25) is 0 Å². The molecule has 3 heterocycles. The van der Waals surface area contributed by atoms with Gasteiger partial charge in [0, 0.05) is 76.4 Å². The summed E-state index contributed by atoms with van der Waals surface area (Å²) in [6.45, 7) is 10.8. The second-order valence-electron chi connectivity index (χ2n) is 18.8. The number of hydrogen-bond acceptors (Lipinski definition) is 4. The molecule has 8 aromatic carbocycles. The summed E-state index contributed by atoms with van der Waals surface area (Å²) < 4.78 is 35.1. The second-order valence-corrected chi connectivity index (χ2v) is 18.8. The molecular formula is C62H51N4OPt-3. The summed E-state index contributed by atoms with van der Waals surface area (Å²) in [5, 5.41) is 1.90. The van der Waals surface area contributed by atoms with Gasteiger partial charge in [0.15, 0.2) is 0 Å². The molecule has 0 atom stereocenters. The Morgan fingerprint density at radius 2 is 1.22 bits per heavy atom. The number of fused-ring (bicyclic) bond motifs is 4. The van der Waals surface area contributed by atoms with Gasteiger partial charge in [0.1, 0.15) is 5.82 Å². The van der Waals surface area contributed by atoms with E-state index in [1.54, 1.807) is 12.3 Å². The van der Waals surface area contributed by atoms with Crippen molar-refractivity contribution in [2.45, 2.75) is 52.3 Å². The Morgan fingerprint density at radius 3 is 1.97 bits per heavy atom. The van der Waals surface area contributed by atoms with Crippen molar-refractivity contribution < 1.29 is 29.9 Å². The maximum Gasteiger partial charge on any atom is 0.135 e. The van der Waals surface area contributed by atoms with Gasteiger partial charge in [-0.3, -0.25) is 0 Å². The number of rotatable bonds is 9. The molecule has 0 spiro atoms. The van der Waals surface area contributed by atoms with E-state index in [2.05, 4.69) is 178 Å². The second kappa shape index (κ2) is 17.8. The molecule has 0 N–H and O–H groups in total. The monoisotopic (exact) mass is 1070 g/mol. The van der Waals surface area contributed by atoms with Gasteiger partial charge in [0.05, 0.1) is 0 Å². The van der Waals surface area contributed by atoms with Gasteiger partial charge in [-0.05, 0) is 93.0 Å². The van der Waals surface area contributed by atoms with Crippen molar-refractivity contribution in [3.8, 4) is 39.6 Å². The third-order valence-electron chi connectivity index (χ3n) is 13.1. The Labute approximate surface area is 418 Å². The van der Waals surface area contributed by atoms with E-state index in [1.807, 2.05) is 71.3 Å². The number of hydrogen-bond donors (Lipinski definition) is 0. The van der Waals surface area contributed by atoms with E-state index in [4.69, 9.17) is 13.8 Å². The minimum absolute atomic E-state index is 0. The smallest absolute Gasteiger partial charge is 0.135 e. The Hall–Kier alpha value is -7.20. The Kier molecular flexibility index (Phi) is 10.7. The third kappa shape index (κ3) is 8.20. The summed E-state index contributed by atoms with van der Waals surface area (Å²) in [5.74, 6) is 1.46. The van der Waals surface area contributed by atoms with Gasteiger partial charge >= 0.3 is 0 Å². The predicted octanol–water partition coefficient (Wildman–Crippen LogP) is 16.2. The van der Waals surface area contributed by atoms with E-state index in [1.165, 1.54) is 11.1 Å². The largest absolute Gasteiger partial charge is 0.509 e. The number of pyridine rings is 1. The van der Waals surface area contributed by atoms with Crippen LogP contribution in [0.3, 0.4) is 0 Å². The van der Waals surface area contributed by atoms with Crippen LogP contribution >= 0.6 is 0 Å². The first-order chi connectivity index (χ1) is 33.7. The molecule has 5 nitrogen and oxygen atoms in total. The van der Waals surface area contributed by atoms with Crippen LogP contribution in [0.1, 0.15) is 61.0 Å². The molecule has 68 heavy (non-hydrogen) atoms. The molecule has 1 aliphatic rings. The zero-order chi connectivity index (χ0) is 48.4. The quantitative estimate of drug-likeness (QED) is 0.135. The number of aromatic nitrogens is 2. The van der Waals surface area contributed by atoms with E-state index in [9.17, 15) is 0 Å². The first kappa shape index (κ1) is 41.0. The zero-order valence-electron chi connectivity index (χ0n) is 41.6. The molecular weight excluding hydrogens is 1010 g/mol. The minimum Gasteiger partial charge on any atom is -0.509 e. The van der Waals surface area contributed by atoms with E-state index in [0.717, 1.165) is 61.3 Å². The van der Waals surface area contributed by atoms with E-state index >= 15 is 0 Å². The molecule has 10 aromatic rings. The van der Waals surface area contributed by atoms with Crippen molar-refractivity contribution in [2.24, 2.45) is 0 Å². The van der Waals surface area contributed by atoms with Crippen LogP contribution in [-0.4, -0.2) is 9.55 Å². The number of benzene rings is 8. The summed E-state index contributed by atoms with van der Waals surface area (Å²) in [7, 11) is 0. The summed E-state index contributed by atoms with van der Waals surface area (Å²) in [4.78, 5) is 9.39. The van der Waals surface area contributed by atoms with Gasteiger partial charge in [-0.2, -0.15) is 12.1 Å². The van der Waals surface area contributed by atoms with Crippen LogP contribution in [0, 0.1) is 25.7 Å². The van der Waals surface area contributed by atoms with Crippen molar-refractivity contribution >= 4 is 44.6 Å². The molecule has 1 aliphatic heterocycles. The molecule has 11 rings (SSSR count). The number of anilines is 4. The molecule has 0 saturated heterocycles. The normalized spacial score (nSPS) is 13.5. The minimum atomic E-state index is -2.44. The number of ether oxygens (including phenoxy) is 1. The molecule has 0 unspecified atom stereocenters. The van der Waals surface area contributed by atoms with Crippen molar-refractivity contribution in [3.05, 3.63) is 235 Å². The third-order valence-corrected chi connectivity index (χ3v) is 13.1. The molecule has 0 saturated carbocycles. The summed E-state index contributed by atoms with van der Waals surface area (Å²) >= 11 is 0. The molecule has 0 radical (unpaired) electrons. The van der Waals surface area contributed by atoms with Crippen LogP contribution in [0.15, 0.2) is 194 Å². The van der Waals surface area contributed by atoms with Crippen LogP contribution < -0.4 is 14.5 Å². The van der Waals surface area contributed by atoms with Crippen LogP contribution in [0.5, 0.6) is 11.5 Å². The molecule has 6 heteroatoms. The summed E-state index contributed by atoms with van der Waals surface area (Å²) in [6.07, 6.45) is 1.70. The fourth-order valence-electron chi connectivity index (χ4n) is 9.30. The Bertz CT molecular complexity index is 3560. The van der Waals surface area contributed by atoms with E-state index in [-0.39, 0.29) is 37.5 Å². The van der Waals surface area contributed by atoms with Crippen molar-refractivity contribution in [1.29, 1.82) is 0 Å². The molecule has 338 valence electrons. The van der Waals surface area contributed by atoms with Gasteiger partial charge in [0.2, 0.25) is 0 Å². The predicted molar refractivity (Wildman–Crippen MR) is 277 cm³/mol. The van der Waals surface area contributed by atoms with Crippen molar-refractivity contribution in [1.82, 2.24) is 9.55 Å². The number of para-hydroxylation sites is 2. The fraction of sp³-hybridized carbons (Fsp3) is 0.129. The van der Waals surface area contributed by atoms with Gasteiger partial charge in [-0.1, -0.05) is 161 Å². The van der Waals surface area contributed by atoms with E-state index < -0.39 is 6.85 Å². The first-order valence-electron chi connectivity index (χ1n) is 24.3. The standard InChI is InChI=1S/C62H51N4O.Pt/c1-42-35-60(63-40-55(42)44-27-30-47(31-28-44)62(5,6)46-19-11-8-12-20-46)66-56-34-29-45(43-17-9-7-10-18-43)36-54(56)53-33-32-52(39-59(53)66)67-51-24-16-23-50(38-51)65-41-64(57-25-13-14-26-58(57)65)49-22-15-21-48(37-49)61(2,3)4;/h7-37,40-41H,1-6H3;/q-3;/i1D3;. The summed E-state index contributed by atoms with van der Waals surface area (Å²) in [5.41, 5.74) is 12.6. The van der Waals surface area contributed by atoms with Gasteiger partial charge in [-0.25, -0.2) is 4.98 Å². The van der Waals surface area contributed by atoms with Gasteiger partial charge in [0.25, 0.3) is 0 Å². The van der Waals surface area contributed by atoms with Crippen molar-refractivity contribution in [3.63, 3.8) is 0 Å². The topological polar surface area (TPSA) is 33.5 Å². The molecule has 2 aromatic heterocycles. The van der Waals surface area contributed by atoms with Crippen LogP contribution in [-0.2, 0) is 31.9 Å². The summed E-state index contributed by atoms with van der Waals surface area (Å²) in [6, 6.07) is 71.0. The Balaban J connectivity index is 0.00000582. The SMILES string of the molecule is [2H]C([2H])([2H])c1cc(-n2c3[c-]c(Oc4[c-]c(N5[CH-]N(c6cccc(C(C)(C)C)c6)c6ccccc65)ccc4)ccc3c3cc(-c4ccccc4)ccc32)ncc1-c1ccc(C(C)(C)c2ccccc2)cc1.[Pt]. The average molecular weight is 1070 g/mol. The molecule has 0 amide bonds.